The van der Waals surface area contributed by atoms with E-state index in [4.69, 9.17) is 0 Å². The lowest BCUT2D eigenvalue weighted by Crippen LogP contribution is -2.26. The van der Waals surface area contributed by atoms with E-state index in [0.717, 1.165) is 17.2 Å². The zero-order valence-electron chi connectivity index (χ0n) is 12.8. The van der Waals surface area contributed by atoms with Crippen LogP contribution in [0.5, 0.6) is 0 Å². The molecule has 1 aromatic carbocycles. The molecule has 0 spiro atoms. The number of ketones is 1. The van der Waals surface area contributed by atoms with Gasteiger partial charge >= 0.3 is 0 Å². The Bertz CT molecular complexity index is 416. The molecule has 20 heavy (non-hydrogen) atoms. The molecule has 0 aromatic heterocycles. The lowest BCUT2D eigenvalue weighted by Gasteiger charge is -2.29. The molecular formula is C18H27NO. The highest BCUT2D eigenvalue weighted by Gasteiger charge is 2.20. The van der Waals surface area contributed by atoms with Gasteiger partial charge in [-0.1, -0.05) is 26.7 Å². The second-order valence-electron chi connectivity index (χ2n) is 6.00. The van der Waals surface area contributed by atoms with Crippen LogP contribution in [-0.2, 0) is 0 Å². The monoisotopic (exact) mass is 273 g/mol. The van der Waals surface area contributed by atoms with Crippen LogP contribution in [0.15, 0.2) is 24.3 Å². The molecular weight excluding hydrogens is 246 g/mol. The molecule has 0 unspecified atom stereocenters. The van der Waals surface area contributed by atoms with Crippen LogP contribution in [0.1, 0.15) is 69.2 Å². The molecule has 1 aliphatic rings. The normalized spacial score (nSPS) is 22.5. The Balaban J connectivity index is 1.84. The van der Waals surface area contributed by atoms with Gasteiger partial charge in [0.05, 0.1) is 0 Å². The maximum Gasteiger partial charge on any atom is 0.162 e. The van der Waals surface area contributed by atoms with Crippen molar-refractivity contribution in [3.05, 3.63) is 29.8 Å². The topological polar surface area (TPSA) is 29.1 Å². The van der Waals surface area contributed by atoms with Crippen LogP contribution in [0.25, 0.3) is 0 Å². The second kappa shape index (κ2) is 7.47. The van der Waals surface area contributed by atoms with E-state index in [1.807, 2.05) is 31.2 Å². The Morgan fingerprint density at radius 1 is 1.10 bits per heavy atom. The van der Waals surface area contributed by atoms with Crippen LogP contribution in [0.2, 0.25) is 0 Å². The summed E-state index contributed by atoms with van der Waals surface area (Å²) in [6.45, 7) is 4.19. The molecule has 0 bridgehead atoms. The standard InChI is InChI=1S/C18H27NO/c1-3-5-14-6-10-16(11-7-14)19-17-12-8-15(9-13-17)18(20)4-2/h8-9,12-14,16,19H,3-7,10-11H2,1-2H3. The number of hydrogen-bond acceptors (Lipinski definition) is 2. The van der Waals surface area contributed by atoms with E-state index in [2.05, 4.69) is 12.2 Å². The first kappa shape index (κ1) is 15.1. The van der Waals surface area contributed by atoms with Crippen LogP contribution in [0, 0.1) is 5.92 Å². The molecule has 110 valence electrons. The summed E-state index contributed by atoms with van der Waals surface area (Å²) in [6.07, 6.45) is 8.56. The molecule has 0 aliphatic heterocycles. The third-order valence-corrected chi connectivity index (χ3v) is 4.44. The van der Waals surface area contributed by atoms with Gasteiger partial charge in [-0.3, -0.25) is 4.79 Å². The Hall–Kier alpha value is -1.31. The minimum atomic E-state index is 0.219. The van der Waals surface area contributed by atoms with E-state index in [1.165, 1.54) is 38.5 Å². The molecule has 1 aromatic rings. The first-order valence-corrected chi connectivity index (χ1v) is 8.12. The Morgan fingerprint density at radius 3 is 2.30 bits per heavy atom. The van der Waals surface area contributed by atoms with E-state index in [1.54, 1.807) is 0 Å². The lowest BCUT2D eigenvalue weighted by atomic mass is 9.83. The number of carbonyl (C=O) groups is 1. The van der Waals surface area contributed by atoms with Gasteiger partial charge in [-0.2, -0.15) is 0 Å². The van der Waals surface area contributed by atoms with E-state index >= 15 is 0 Å². The molecule has 2 nitrogen and oxygen atoms in total. The first-order valence-electron chi connectivity index (χ1n) is 8.12. The molecule has 0 heterocycles. The average molecular weight is 273 g/mol. The van der Waals surface area contributed by atoms with Crippen LogP contribution < -0.4 is 5.32 Å². The van der Waals surface area contributed by atoms with Gasteiger partial charge in [0.25, 0.3) is 0 Å². The first-order chi connectivity index (χ1) is 9.72. The second-order valence-corrected chi connectivity index (χ2v) is 6.00. The molecule has 1 N–H and O–H groups in total. The van der Waals surface area contributed by atoms with Gasteiger partial charge in [0, 0.05) is 23.7 Å². The molecule has 1 aliphatic carbocycles. The van der Waals surface area contributed by atoms with Gasteiger partial charge in [-0.15, -0.1) is 0 Å². The highest BCUT2D eigenvalue weighted by Crippen LogP contribution is 2.29. The summed E-state index contributed by atoms with van der Waals surface area (Å²) in [6, 6.07) is 8.58. The number of anilines is 1. The minimum Gasteiger partial charge on any atom is -0.382 e. The Morgan fingerprint density at radius 2 is 1.75 bits per heavy atom. The highest BCUT2D eigenvalue weighted by molar-refractivity contribution is 5.96. The van der Waals surface area contributed by atoms with E-state index < -0.39 is 0 Å². The molecule has 2 rings (SSSR count). The van der Waals surface area contributed by atoms with E-state index in [0.29, 0.717) is 12.5 Å². The van der Waals surface area contributed by atoms with Gasteiger partial charge in [-0.05, 0) is 55.9 Å². The SMILES string of the molecule is CCCC1CCC(Nc2ccc(C(=O)CC)cc2)CC1. The molecule has 2 heteroatoms. The largest absolute Gasteiger partial charge is 0.382 e. The molecule has 1 fully saturated rings. The molecule has 0 saturated heterocycles. The summed E-state index contributed by atoms with van der Waals surface area (Å²) in [5.41, 5.74) is 1.97. The maximum absolute atomic E-state index is 11.6. The number of hydrogen-bond donors (Lipinski definition) is 1. The summed E-state index contributed by atoms with van der Waals surface area (Å²) in [5.74, 6) is 1.17. The van der Waals surface area contributed by atoms with Crippen LogP contribution in [0.3, 0.4) is 0 Å². The van der Waals surface area contributed by atoms with Crippen molar-refractivity contribution in [3.63, 3.8) is 0 Å². The fraction of sp³-hybridized carbons (Fsp3) is 0.611. The summed E-state index contributed by atoms with van der Waals surface area (Å²) >= 11 is 0. The molecule has 0 atom stereocenters. The van der Waals surface area contributed by atoms with Gasteiger partial charge in [0.2, 0.25) is 0 Å². The Labute approximate surface area is 123 Å². The number of carbonyl (C=O) groups excluding carboxylic acids is 1. The summed E-state index contributed by atoms with van der Waals surface area (Å²) in [5, 5.41) is 3.62. The lowest BCUT2D eigenvalue weighted by molar-refractivity contribution is 0.0988. The molecule has 0 amide bonds. The van der Waals surface area contributed by atoms with E-state index in [9.17, 15) is 4.79 Å². The minimum absolute atomic E-state index is 0.219. The third-order valence-electron chi connectivity index (χ3n) is 4.44. The summed E-state index contributed by atoms with van der Waals surface area (Å²) in [4.78, 5) is 11.6. The van der Waals surface area contributed by atoms with Crippen molar-refractivity contribution in [3.8, 4) is 0 Å². The van der Waals surface area contributed by atoms with Gasteiger partial charge in [-0.25, -0.2) is 0 Å². The summed E-state index contributed by atoms with van der Waals surface area (Å²) in [7, 11) is 0. The zero-order valence-corrected chi connectivity index (χ0v) is 12.8. The van der Waals surface area contributed by atoms with Crippen molar-refractivity contribution in [1.29, 1.82) is 0 Å². The smallest absolute Gasteiger partial charge is 0.162 e. The predicted octanol–water partition coefficient (Wildman–Crippen LogP) is 5.05. The zero-order chi connectivity index (χ0) is 14.4. The van der Waals surface area contributed by atoms with Gasteiger partial charge in [0.15, 0.2) is 5.78 Å². The predicted molar refractivity (Wildman–Crippen MR) is 85.3 cm³/mol. The molecule has 1 saturated carbocycles. The van der Waals surface area contributed by atoms with Gasteiger partial charge in [0.1, 0.15) is 0 Å². The van der Waals surface area contributed by atoms with Crippen LogP contribution in [-0.4, -0.2) is 11.8 Å². The maximum atomic E-state index is 11.6. The number of Topliss-reactive ketones (excluding diaryl/α,β-unsaturated/α-hetero) is 1. The Kier molecular flexibility index (Phi) is 5.63. The number of nitrogens with one attached hydrogen (secondary N) is 1. The number of rotatable bonds is 6. The van der Waals surface area contributed by atoms with Crippen LogP contribution >= 0.6 is 0 Å². The highest BCUT2D eigenvalue weighted by atomic mass is 16.1. The van der Waals surface area contributed by atoms with Crippen molar-refractivity contribution in [2.45, 2.75) is 64.8 Å². The van der Waals surface area contributed by atoms with Crippen molar-refractivity contribution >= 4 is 11.5 Å². The fourth-order valence-corrected chi connectivity index (χ4v) is 3.20. The van der Waals surface area contributed by atoms with E-state index in [-0.39, 0.29) is 5.78 Å². The third kappa shape index (κ3) is 4.09. The fourth-order valence-electron chi connectivity index (χ4n) is 3.20. The van der Waals surface area contributed by atoms with Crippen molar-refractivity contribution < 1.29 is 4.79 Å². The molecule has 0 radical (unpaired) electrons. The average Bonchev–Trinajstić information content (AvgIpc) is 2.49. The van der Waals surface area contributed by atoms with Crippen molar-refractivity contribution in [2.75, 3.05) is 5.32 Å². The van der Waals surface area contributed by atoms with Crippen molar-refractivity contribution in [1.82, 2.24) is 0 Å². The van der Waals surface area contributed by atoms with Gasteiger partial charge < -0.3 is 5.32 Å². The quantitative estimate of drug-likeness (QED) is 0.735. The van der Waals surface area contributed by atoms with Crippen LogP contribution in [0.4, 0.5) is 5.69 Å². The summed E-state index contributed by atoms with van der Waals surface area (Å²) < 4.78 is 0. The number of benzene rings is 1. The van der Waals surface area contributed by atoms with Crippen molar-refractivity contribution in [2.24, 2.45) is 5.92 Å².